The predicted octanol–water partition coefficient (Wildman–Crippen LogP) is 1.94. The van der Waals surface area contributed by atoms with Crippen LogP contribution in [0.25, 0.3) is 0 Å². The van der Waals surface area contributed by atoms with E-state index in [-0.39, 0.29) is 5.91 Å². The van der Waals surface area contributed by atoms with Gasteiger partial charge in [-0.05, 0) is 19.1 Å². The normalized spacial score (nSPS) is 11.8. The van der Waals surface area contributed by atoms with E-state index in [4.69, 9.17) is 4.74 Å². The van der Waals surface area contributed by atoms with E-state index in [1.54, 1.807) is 24.6 Å². The van der Waals surface area contributed by atoms with Crippen LogP contribution in [0.3, 0.4) is 0 Å². The summed E-state index contributed by atoms with van der Waals surface area (Å²) in [5.74, 6) is 0.415. The Balaban J connectivity index is 1.92. The molecule has 0 aliphatic heterocycles. The molecular formula is C11H11N3O2S. The van der Waals surface area contributed by atoms with E-state index >= 15 is 0 Å². The molecule has 88 valence electrons. The third-order valence-electron chi connectivity index (χ3n) is 2.02. The summed E-state index contributed by atoms with van der Waals surface area (Å²) in [7, 11) is 0. The zero-order valence-corrected chi connectivity index (χ0v) is 9.98. The van der Waals surface area contributed by atoms with Crippen molar-refractivity contribution in [2.45, 2.75) is 13.0 Å². The Bertz CT molecular complexity index is 473. The van der Waals surface area contributed by atoms with Crippen molar-refractivity contribution in [1.29, 1.82) is 0 Å². The second kappa shape index (κ2) is 5.40. The summed E-state index contributed by atoms with van der Waals surface area (Å²) in [6.45, 7) is 1.68. The van der Waals surface area contributed by atoms with Gasteiger partial charge in [0.1, 0.15) is 11.3 Å². The average Bonchev–Trinajstić information content (AvgIpc) is 2.83. The molecule has 1 aromatic heterocycles. The summed E-state index contributed by atoms with van der Waals surface area (Å²) in [5.41, 5.74) is 1.55. The minimum atomic E-state index is -0.582. The first kappa shape index (κ1) is 11.5. The van der Waals surface area contributed by atoms with Gasteiger partial charge in [0.05, 0.1) is 0 Å². The van der Waals surface area contributed by atoms with Crippen LogP contribution in [-0.2, 0) is 4.79 Å². The minimum absolute atomic E-state index is 0.245. The smallest absolute Gasteiger partial charge is 0.266 e. The average molecular weight is 249 g/mol. The van der Waals surface area contributed by atoms with Crippen molar-refractivity contribution >= 4 is 22.4 Å². The molecule has 0 unspecified atom stereocenters. The number of rotatable bonds is 4. The maximum Gasteiger partial charge on any atom is 0.266 e. The third kappa shape index (κ3) is 3.25. The summed E-state index contributed by atoms with van der Waals surface area (Å²) in [6.07, 6.45) is -0.582. The van der Waals surface area contributed by atoms with Crippen LogP contribution in [0.15, 0.2) is 35.8 Å². The molecule has 5 nitrogen and oxygen atoms in total. The zero-order valence-electron chi connectivity index (χ0n) is 9.16. The highest BCUT2D eigenvalue weighted by Crippen LogP contribution is 2.13. The van der Waals surface area contributed by atoms with Crippen molar-refractivity contribution in [3.63, 3.8) is 0 Å². The second-order valence-electron chi connectivity index (χ2n) is 3.31. The number of hydrogen-bond donors (Lipinski definition) is 1. The number of carbonyl (C=O) groups excluding carboxylic acids is 1. The van der Waals surface area contributed by atoms with E-state index in [1.807, 2.05) is 18.2 Å². The fourth-order valence-corrected chi connectivity index (χ4v) is 1.64. The second-order valence-corrected chi connectivity index (χ2v) is 4.14. The molecule has 0 radical (unpaired) electrons. The van der Waals surface area contributed by atoms with Crippen LogP contribution in [-0.4, -0.2) is 22.2 Å². The Hall–Kier alpha value is -1.95. The molecule has 2 aromatic rings. The summed E-state index contributed by atoms with van der Waals surface area (Å²) >= 11 is 1.27. The van der Waals surface area contributed by atoms with Crippen molar-refractivity contribution in [2.24, 2.45) is 0 Å². The monoisotopic (exact) mass is 249 g/mol. The molecule has 1 amide bonds. The van der Waals surface area contributed by atoms with Crippen molar-refractivity contribution in [1.82, 2.24) is 10.2 Å². The van der Waals surface area contributed by atoms with Gasteiger partial charge >= 0.3 is 0 Å². The molecule has 17 heavy (non-hydrogen) atoms. The summed E-state index contributed by atoms with van der Waals surface area (Å²) in [4.78, 5) is 11.7. The Labute approximate surface area is 102 Å². The van der Waals surface area contributed by atoms with Crippen LogP contribution >= 0.6 is 11.3 Å². The number of nitrogens with one attached hydrogen (secondary N) is 1. The number of aromatic nitrogens is 2. The molecule has 0 aliphatic rings. The van der Waals surface area contributed by atoms with Gasteiger partial charge in [-0.25, -0.2) is 0 Å². The van der Waals surface area contributed by atoms with E-state index in [0.717, 1.165) is 0 Å². The molecule has 0 spiro atoms. The van der Waals surface area contributed by atoms with Gasteiger partial charge in [-0.2, -0.15) is 0 Å². The maximum atomic E-state index is 11.7. The Morgan fingerprint density at radius 1 is 1.41 bits per heavy atom. The number of amides is 1. The first-order chi connectivity index (χ1) is 8.25. The van der Waals surface area contributed by atoms with E-state index < -0.39 is 6.10 Å². The number of hydrogen-bond acceptors (Lipinski definition) is 5. The molecule has 1 heterocycles. The summed E-state index contributed by atoms with van der Waals surface area (Å²) in [5, 5.41) is 10.5. The Morgan fingerprint density at radius 3 is 2.82 bits per heavy atom. The van der Waals surface area contributed by atoms with Crippen LogP contribution in [0.2, 0.25) is 0 Å². The standard InChI is InChI=1S/C11H11N3O2S/c1-8(16-9-5-3-2-4-6-9)10(15)13-11-14-12-7-17-11/h2-8H,1H3,(H,13,14,15)/t8-/m0/s1. The number of nitrogens with zero attached hydrogens (tertiary/aromatic N) is 2. The zero-order chi connectivity index (χ0) is 12.1. The maximum absolute atomic E-state index is 11.7. The lowest BCUT2D eigenvalue weighted by molar-refractivity contribution is -0.122. The Kier molecular flexibility index (Phi) is 3.66. The summed E-state index contributed by atoms with van der Waals surface area (Å²) in [6, 6.07) is 9.19. The van der Waals surface area contributed by atoms with E-state index in [0.29, 0.717) is 10.9 Å². The SMILES string of the molecule is C[C@H](Oc1ccccc1)C(=O)Nc1nncs1. The van der Waals surface area contributed by atoms with Crippen molar-refractivity contribution < 1.29 is 9.53 Å². The third-order valence-corrected chi connectivity index (χ3v) is 2.62. The highest BCUT2D eigenvalue weighted by Gasteiger charge is 2.15. The molecule has 2 rings (SSSR count). The molecule has 6 heteroatoms. The molecule has 1 atom stereocenters. The fourth-order valence-electron chi connectivity index (χ4n) is 1.19. The first-order valence-electron chi connectivity index (χ1n) is 5.04. The molecule has 0 aliphatic carbocycles. The van der Waals surface area contributed by atoms with E-state index in [1.165, 1.54) is 11.3 Å². The lowest BCUT2D eigenvalue weighted by Crippen LogP contribution is -2.30. The van der Waals surface area contributed by atoms with Crippen molar-refractivity contribution in [3.8, 4) is 5.75 Å². The van der Waals surface area contributed by atoms with E-state index in [2.05, 4.69) is 15.5 Å². The number of ether oxygens (including phenoxy) is 1. The predicted molar refractivity (Wildman–Crippen MR) is 65.1 cm³/mol. The van der Waals surface area contributed by atoms with E-state index in [9.17, 15) is 4.79 Å². The number of anilines is 1. The molecule has 0 fully saturated rings. The number of para-hydroxylation sites is 1. The lowest BCUT2D eigenvalue weighted by atomic mass is 10.3. The van der Waals surface area contributed by atoms with Crippen molar-refractivity contribution in [3.05, 3.63) is 35.8 Å². The Morgan fingerprint density at radius 2 is 2.18 bits per heavy atom. The van der Waals surface area contributed by atoms with Gasteiger partial charge < -0.3 is 4.74 Å². The quantitative estimate of drug-likeness (QED) is 0.899. The van der Waals surface area contributed by atoms with Crippen LogP contribution in [0.4, 0.5) is 5.13 Å². The van der Waals surface area contributed by atoms with Gasteiger partial charge in [-0.1, -0.05) is 29.5 Å². The molecule has 0 saturated carbocycles. The molecule has 1 N–H and O–H groups in total. The number of benzene rings is 1. The molecule has 0 bridgehead atoms. The van der Waals surface area contributed by atoms with Crippen LogP contribution in [0.1, 0.15) is 6.92 Å². The van der Waals surface area contributed by atoms with Crippen LogP contribution in [0.5, 0.6) is 5.75 Å². The molecular weight excluding hydrogens is 238 g/mol. The van der Waals surface area contributed by atoms with Crippen molar-refractivity contribution in [2.75, 3.05) is 5.32 Å². The van der Waals surface area contributed by atoms with Gasteiger partial charge in [-0.3, -0.25) is 10.1 Å². The highest BCUT2D eigenvalue weighted by molar-refractivity contribution is 7.13. The largest absolute Gasteiger partial charge is 0.481 e. The molecule has 0 saturated heterocycles. The van der Waals surface area contributed by atoms with Gasteiger partial charge in [0.2, 0.25) is 5.13 Å². The summed E-state index contributed by atoms with van der Waals surface area (Å²) < 4.78 is 5.47. The van der Waals surface area contributed by atoms with Gasteiger partial charge in [0, 0.05) is 0 Å². The minimum Gasteiger partial charge on any atom is -0.481 e. The van der Waals surface area contributed by atoms with Gasteiger partial charge in [0.15, 0.2) is 6.10 Å². The highest BCUT2D eigenvalue weighted by atomic mass is 32.1. The first-order valence-corrected chi connectivity index (χ1v) is 5.92. The van der Waals surface area contributed by atoms with Gasteiger partial charge in [-0.15, -0.1) is 10.2 Å². The fraction of sp³-hybridized carbons (Fsp3) is 0.182. The van der Waals surface area contributed by atoms with Crippen LogP contribution in [0, 0.1) is 0 Å². The number of carbonyl (C=O) groups is 1. The lowest BCUT2D eigenvalue weighted by Gasteiger charge is -2.13. The van der Waals surface area contributed by atoms with Gasteiger partial charge in [0.25, 0.3) is 5.91 Å². The van der Waals surface area contributed by atoms with Crippen LogP contribution < -0.4 is 10.1 Å². The molecule has 1 aromatic carbocycles. The topological polar surface area (TPSA) is 64.1 Å².